The minimum absolute atomic E-state index is 0. The van der Waals surface area contributed by atoms with Crippen molar-refractivity contribution in [1.29, 1.82) is 0 Å². The molecule has 2 aromatic heterocycles. The van der Waals surface area contributed by atoms with Crippen LogP contribution >= 0.6 is 0 Å². The smallest absolute Gasteiger partial charge is 0.148 e. The van der Waals surface area contributed by atoms with E-state index in [1.54, 1.807) is 42.6 Å². The molecule has 0 aliphatic carbocycles. The standard InChI is InChI=1S/C50H36N3O.Pt/c1-33-20-22-37(23-21-33)39-26-27-51-45(32-39)42-30-40(36-14-7-4-8-15-36)29-41(31-42)43-17-11-18-47-49(43)52-50(44-16-9-10-19-48(44)54)53(47)46-25-24-38(28-34(46)2)35-12-5-3-6-13-35;/h3-30,32,54H,1-2H3;/q-1;/i1D3,2D3;. The fraction of sp³-hybridized carbons (Fsp3) is 0.0400. The summed E-state index contributed by atoms with van der Waals surface area (Å²) in [7, 11) is 0. The van der Waals surface area contributed by atoms with Gasteiger partial charge in [0.25, 0.3) is 0 Å². The largest absolute Gasteiger partial charge is 0.507 e. The van der Waals surface area contributed by atoms with Gasteiger partial charge in [-0.3, -0.25) is 9.55 Å². The van der Waals surface area contributed by atoms with Crippen LogP contribution in [0, 0.1) is 19.8 Å². The van der Waals surface area contributed by atoms with Crippen molar-refractivity contribution in [3.63, 3.8) is 0 Å². The van der Waals surface area contributed by atoms with Crippen LogP contribution in [0.3, 0.4) is 0 Å². The van der Waals surface area contributed by atoms with Gasteiger partial charge in [-0.15, -0.1) is 23.8 Å². The van der Waals surface area contributed by atoms with E-state index in [0.717, 1.165) is 50.1 Å². The van der Waals surface area contributed by atoms with Gasteiger partial charge in [0.2, 0.25) is 0 Å². The molecule has 0 spiro atoms. The number of benzene rings is 7. The number of aryl methyl sites for hydroxylation is 2. The van der Waals surface area contributed by atoms with Gasteiger partial charge < -0.3 is 5.11 Å². The second kappa shape index (κ2) is 15.2. The van der Waals surface area contributed by atoms with Crippen LogP contribution in [0.4, 0.5) is 0 Å². The molecular weight excluding hydrogens is 854 g/mol. The maximum absolute atomic E-state index is 11.2. The van der Waals surface area contributed by atoms with Crippen LogP contribution in [-0.2, 0) is 21.1 Å². The van der Waals surface area contributed by atoms with Crippen molar-refractivity contribution in [2.45, 2.75) is 13.7 Å². The first kappa shape index (κ1) is 29.1. The molecule has 0 unspecified atom stereocenters. The first-order chi connectivity index (χ1) is 28.9. The molecule has 0 amide bonds. The number of rotatable bonds is 7. The topological polar surface area (TPSA) is 50.9 Å². The van der Waals surface area contributed by atoms with Crippen molar-refractivity contribution in [3.05, 3.63) is 193 Å². The predicted molar refractivity (Wildman–Crippen MR) is 221 cm³/mol. The van der Waals surface area contributed by atoms with Gasteiger partial charge in [-0.05, 0) is 83.5 Å². The van der Waals surface area contributed by atoms with Crippen LogP contribution in [-0.4, -0.2) is 19.6 Å². The fourth-order valence-corrected chi connectivity index (χ4v) is 7.02. The van der Waals surface area contributed by atoms with Crippen LogP contribution < -0.4 is 0 Å². The summed E-state index contributed by atoms with van der Waals surface area (Å²) in [6, 6.07) is 56.3. The van der Waals surface area contributed by atoms with Gasteiger partial charge in [0.05, 0.1) is 22.3 Å². The molecule has 0 aliphatic heterocycles. The van der Waals surface area contributed by atoms with Crippen LogP contribution in [0.15, 0.2) is 176 Å². The Kier molecular flexibility index (Phi) is 8.02. The van der Waals surface area contributed by atoms with E-state index in [2.05, 4.69) is 12.1 Å². The molecule has 1 N–H and O–H groups in total. The average Bonchev–Trinajstić information content (AvgIpc) is 3.66. The molecule has 0 saturated carbocycles. The summed E-state index contributed by atoms with van der Waals surface area (Å²) in [5, 5.41) is 11.2. The van der Waals surface area contributed by atoms with E-state index in [-0.39, 0.29) is 37.9 Å². The van der Waals surface area contributed by atoms with E-state index in [0.29, 0.717) is 33.8 Å². The van der Waals surface area contributed by atoms with E-state index >= 15 is 0 Å². The Balaban J connectivity index is 0.00000514. The molecule has 0 radical (unpaired) electrons. The number of aromatic nitrogens is 3. The van der Waals surface area contributed by atoms with Crippen molar-refractivity contribution >= 4 is 11.0 Å². The zero-order valence-electron chi connectivity index (χ0n) is 35.3. The van der Waals surface area contributed by atoms with Crippen molar-refractivity contribution in [2.75, 3.05) is 0 Å². The number of phenolic OH excluding ortho intramolecular Hbond substituents is 1. The zero-order chi connectivity index (χ0) is 41.6. The Bertz CT molecular complexity index is 3020. The van der Waals surface area contributed by atoms with Gasteiger partial charge in [0.1, 0.15) is 11.6 Å². The number of para-hydroxylation sites is 2. The van der Waals surface area contributed by atoms with Crippen LogP contribution in [0.2, 0.25) is 0 Å². The molecule has 0 atom stereocenters. The maximum Gasteiger partial charge on any atom is 0.148 e. The number of imidazole rings is 1. The molecule has 9 aromatic rings. The Labute approximate surface area is 344 Å². The number of nitrogens with zero attached hydrogens (tertiary/aromatic N) is 3. The zero-order valence-corrected chi connectivity index (χ0v) is 31.6. The van der Waals surface area contributed by atoms with Crippen molar-refractivity contribution < 1.29 is 34.4 Å². The number of hydrogen-bond donors (Lipinski definition) is 1. The Morgan fingerprint density at radius 2 is 1.22 bits per heavy atom. The molecule has 0 bridgehead atoms. The fourth-order valence-electron chi connectivity index (χ4n) is 7.02. The normalized spacial score (nSPS) is 13.1. The summed E-state index contributed by atoms with van der Waals surface area (Å²) in [6.45, 7) is -4.69. The summed E-state index contributed by atoms with van der Waals surface area (Å²) in [4.78, 5) is 10.00. The minimum atomic E-state index is -2.49. The van der Waals surface area contributed by atoms with Gasteiger partial charge in [-0.2, -0.15) is 0 Å². The van der Waals surface area contributed by atoms with E-state index in [4.69, 9.17) is 18.2 Å². The number of aromatic hydroxyl groups is 1. The van der Waals surface area contributed by atoms with E-state index < -0.39 is 13.7 Å². The molecule has 4 nitrogen and oxygen atoms in total. The van der Waals surface area contributed by atoms with E-state index in [1.165, 1.54) is 0 Å². The third-order valence-electron chi connectivity index (χ3n) is 9.70. The summed E-state index contributed by atoms with van der Waals surface area (Å²) >= 11 is 0. The van der Waals surface area contributed by atoms with Crippen molar-refractivity contribution in [3.8, 4) is 78.6 Å². The number of phenols is 1. The third-order valence-corrected chi connectivity index (χ3v) is 9.70. The molecule has 5 heteroatoms. The molecule has 0 saturated heterocycles. The predicted octanol–water partition coefficient (Wildman–Crippen LogP) is 12.5. The summed E-state index contributed by atoms with van der Waals surface area (Å²) < 4.78 is 51.3. The maximum atomic E-state index is 11.2. The van der Waals surface area contributed by atoms with E-state index in [9.17, 15) is 5.11 Å². The van der Waals surface area contributed by atoms with Gasteiger partial charge >= 0.3 is 0 Å². The van der Waals surface area contributed by atoms with Gasteiger partial charge in [-0.1, -0.05) is 144 Å². The first-order valence-electron chi connectivity index (χ1n) is 20.6. The summed E-state index contributed by atoms with van der Waals surface area (Å²) in [6.07, 6.45) is 1.73. The second-order valence-electron chi connectivity index (χ2n) is 13.1. The second-order valence-corrected chi connectivity index (χ2v) is 13.1. The molecule has 2 heterocycles. The van der Waals surface area contributed by atoms with Gasteiger partial charge in [0, 0.05) is 41.2 Å². The van der Waals surface area contributed by atoms with Crippen LogP contribution in [0.25, 0.3) is 83.9 Å². The molecule has 0 fully saturated rings. The Morgan fingerprint density at radius 3 is 1.96 bits per heavy atom. The van der Waals surface area contributed by atoms with Gasteiger partial charge in [0.15, 0.2) is 0 Å². The van der Waals surface area contributed by atoms with Crippen molar-refractivity contribution in [1.82, 2.24) is 14.5 Å². The summed E-state index contributed by atoms with van der Waals surface area (Å²) in [5.74, 6) is 0.387. The monoisotopic (exact) mass is 895 g/mol. The number of pyridine rings is 1. The first-order valence-corrected chi connectivity index (χ1v) is 17.6. The quantitative estimate of drug-likeness (QED) is 0.162. The van der Waals surface area contributed by atoms with Crippen LogP contribution in [0.5, 0.6) is 5.75 Å². The molecule has 268 valence electrons. The molecular formula is C50H36N3OPt-. The number of fused-ring (bicyclic) bond motifs is 1. The SMILES string of the molecule is [2H]C([2H])([2H])c1ccc(-c2ccnc(-c3[c-]c(-c4cccc5c4nc(-c4ccccc4O)n5-c4ccc(-c5ccccc5)cc4C([2H])([2H])[2H])cc(-c4ccccc4)c3)c2)cc1.[Pt]. The molecule has 9 rings (SSSR count). The van der Waals surface area contributed by atoms with E-state index in [1.807, 2.05) is 132 Å². The third kappa shape index (κ3) is 6.94. The summed E-state index contributed by atoms with van der Waals surface area (Å²) in [5.41, 5.74) is 10.7. The van der Waals surface area contributed by atoms with Gasteiger partial charge in [-0.25, -0.2) is 4.98 Å². The number of hydrogen-bond acceptors (Lipinski definition) is 3. The average molecular weight is 896 g/mol. The Morgan fingerprint density at radius 1 is 0.564 bits per heavy atom. The minimum Gasteiger partial charge on any atom is -0.507 e. The molecule has 0 aliphatic rings. The molecule has 7 aromatic carbocycles. The van der Waals surface area contributed by atoms with Crippen LogP contribution in [0.1, 0.15) is 19.4 Å². The Hall–Kier alpha value is -6.35. The van der Waals surface area contributed by atoms with Crippen molar-refractivity contribution in [2.24, 2.45) is 0 Å². The molecule has 55 heavy (non-hydrogen) atoms.